The first kappa shape index (κ1) is 33.9. The van der Waals surface area contributed by atoms with Crippen LogP contribution >= 0.6 is 0 Å². The first-order valence-corrected chi connectivity index (χ1v) is 18.6. The number of halogens is 3. The van der Waals surface area contributed by atoms with Crippen LogP contribution in [0.4, 0.5) is 24.9 Å². The fraction of sp³-hybridized carbons (Fsp3) is 0.513. The largest absolute Gasteiger partial charge is 0.481 e. The van der Waals surface area contributed by atoms with Gasteiger partial charge in [-0.15, -0.1) is 0 Å². The third-order valence-electron chi connectivity index (χ3n) is 12.1. The van der Waals surface area contributed by atoms with E-state index in [2.05, 4.69) is 43.6 Å². The van der Waals surface area contributed by atoms with Gasteiger partial charge in [0.2, 0.25) is 11.9 Å². The van der Waals surface area contributed by atoms with Crippen LogP contribution in [0, 0.1) is 23.7 Å². The van der Waals surface area contributed by atoms with Gasteiger partial charge in [0.25, 0.3) is 0 Å². The number of carbonyl (C=O) groups is 1. The number of amides is 1. The molecule has 14 heteroatoms. The Labute approximate surface area is 305 Å². The maximum atomic E-state index is 14.1. The number of carbonyl (C=O) groups excluding carboxylic acids is 1. The Balaban J connectivity index is 1.18. The molecule has 0 radical (unpaired) electrons. The van der Waals surface area contributed by atoms with Crippen LogP contribution < -0.4 is 14.5 Å². The van der Waals surface area contributed by atoms with Crippen molar-refractivity contribution in [3.63, 3.8) is 0 Å². The van der Waals surface area contributed by atoms with E-state index in [1.807, 2.05) is 24.0 Å². The average molecular weight is 726 g/mol. The molecule has 53 heavy (non-hydrogen) atoms. The highest BCUT2D eigenvalue weighted by atomic mass is 19.4. The lowest BCUT2D eigenvalue weighted by Crippen LogP contribution is -2.62. The molecular weight excluding hydrogens is 683 g/mol. The molecule has 1 spiro atoms. The molecule has 1 aliphatic carbocycles. The van der Waals surface area contributed by atoms with E-state index in [0.717, 1.165) is 72.7 Å². The summed E-state index contributed by atoms with van der Waals surface area (Å²) < 4.78 is 48.2. The molecule has 1 saturated carbocycles. The fourth-order valence-electron chi connectivity index (χ4n) is 9.09. The van der Waals surface area contributed by atoms with E-state index in [-0.39, 0.29) is 35.1 Å². The Hall–Kier alpha value is -4.90. The average Bonchev–Trinajstić information content (AvgIpc) is 3.66. The fourth-order valence-corrected chi connectivity index (χ4v) is 9.09. The number of aromatic nitrogens is 4. The molecule has 5 aliphatic rings. The number of nitrogens with zero attached hydrogens (tertiary/aromatic N) is 8. The highest BCUT2D eigenvalue weighted by molar-refractivity contribution is 6.06. The number of aromatic amines is 1. The van der Waals surface area contributed by atoms with Crippen molar-refractivity contribution in [2.45, 2.75) is 69.6 Å². The van der Waals surface area contributed by atoms with Gasteiger partial charge in [0, 0.05) is 67.1 Å². The summed E-state index contributed by atoms with van der Waals surface area (Å²) >= 11 is 0. The van der Waals surface area contributed by atoms with Gasteiger partial charge in [-0.25, -0.2) is 4.98 Å². The first-order valence-electron chi connectivity index (χ1n) is 18.6. The van der Waals surface area contributed by atoms with Gasteiger partial charge >= 0.3 is 6.18 Å². The lowest BCUT2D eigenvalue weighted by atomic mass is 9.72. The molecule has 9 rings (SSSR count). The number of hydrogen-bond donors (Lipinski definition) is 1. The van der Waals surface area contributed by atoms with Gasteiger partial charge < -0.3 is 19.4 Å². The standard InChI is InChI=1S/C39H42F3N9O2/c1-3-31(52)50-20-38(21-50)10-13-48(14-11-38)36-28-15-27(24-7-8-24)33(32-23(2)6-9-30-29(32)17-44-47-30)35(53-22-39(40,41)42)34(28)45-37(46-36)49-18-26(19-49)51-12-4-5-25(51)16-43/h3,6,9,15,17,24-26H,1,4-5,7-8,10-14,18-22H2,2H3,(H,44,47)/t25-/m0/s1. The normalized spacial score (nSPS) is 21.9. The van der Waals surface area contributed by atoms with Crippen molar-refractivity contribution in [2.75, 3.05) is 62.2 Å². The summed E-state index contributed by atoms with van der Waals surface area (Å²) in [7, 11) is 0. The van der Waals surface area contributed by atoms with Gasteiger partial charge in [-0.2, -0.15) is 28.5 Å². The quantitative estimate of drug-likeness (QED) is 0.216. The molecule has 1 amide bonds. The second-order valence-corrected chi connectivity index (χ2v) is 15.6. The summed E-state index contributed by atoms with van der Waals surface area (Å²) in [6, 6.07) is 8.51. The predicted octanol–water partition coefficient (Wildman–Crippen LogP) is 6.09. The van der Waals surface area contributed by atoms with Crippen LogP contribution in [0.5, 0.6) is 5.75 Å². The zero-order valence-corrected chi connectivity index (χ0v) is 29.8. The zero-order valence-electron chi connectivity index (χ0n) is 29.8. The molecule has 4 aliphatic heterocycles. The van der Waals surface area contributed by atoms with Gasteiger partial charge in [0.15, 0.2) is 12.4 Å². The maximum Gasteiger partial charge on any atom is 0.422 e. The van der Waals surface area contributed by atoms with Crippen molar-refractivity contribution in [2.24, 2.45) is 5.41 Å². The van der Waals surface area contributed by atoms with Gasteiger partial charge in [0.1, 0.15) is 11.3 Å². The number of H-pyrrole nitrogens is 1. The van der Waals surface area contributed by atoms with Crippen LogP contribution in [-0.4, -0.2) is 107 Å². The SMILES string of the molecule is C=CC(=O)N1CC2(CCN(c3nc(N4CC(N5CCC[C@H]5C#N)C4)nc4c(OCC(F)(F)F)c(-c5c(C)ccc6[nH]ncc56)c(C5CC5)cc34)CC2)C1. The third kappa shape index (κ3) is 5.93. The maximum absolute atomic E-state index is 14.1. The molecule has 4 aromatic rings. The Morgan fingerprint density at radius 2 is 1.87 bits per heavy atom. The van der Waals surface area contributed by atoms with E-state index in [0.29, 0.717) is 67.5 Å². The lowest BCUT2D eigenvalue weighted by molar-refractivity contribution is -0.153. The summed E-state index contributed by atoms with van der Waals surface area (Å²) in [4.78, 5) is 30.9. The van der Waals surface area contributed by atoms with E-state index in [9.17, 15) is 23.2 Å². The van der Waals surface area contributed by atoms with E-state index in [4.69, 9.17) is 14.7 Å². The summed E-state index contributed by atoms with van der Waals surface area (Å²) in [5.41, 5.74) is 4.46. The number of alkyl halides is 3. The topological polar surface area (TPSA) is 118 Å². The minimum Gasteiger partial charge on any atom is -0.481 e. The number of anilines is 2. The number of likely N-dealkylation sites (tertiary alicyclic amines) is 2. The van der Waals surface area contributed by atoms with E-state index in [1.54, 1.807) is 6.20 Å². The minimum atomic E-state index is -4.57. The third-order valence-corrected chi connectivity index (χ3v) is 12.1. The highest BCUT2D eigenvalue weighted by Crippen LogP contribution is 2.53. The van der Waals surface area contributed by atoms with E-state index in [1.165, 1.54) is 6.08 Å². The summed E-state index contributed by atoms with van der Waals surface area (Å²) in [6.45, 7) is 9.03. The van der Waals surface area contributed by atoms with Crippen molar-refractivity contribution in [3.05, 3.63) is 48.2 Å². The van der Waals surface area contributed by atoms with Crippen LogP contribution in [0.1, 0.15) is 55.6 Å². The lowest BCUT2D eigenvalue weighted by Gasteiger charge is -2.54. The molecule has 2 aromatic carbocycles. The van der Waals surface area contributed by atoms with Crippen molar-refractivity contribution in [1.82, 2.24) is 30.0 Å². The first-order chi connectivity index (χ1) is 25.5. The molecule has 1 atom stereocenters. The molecule has 2 aromatic heterocycles. The van der Waals surface area contributed by atoms with E-state index < -0.39 is 12.8 Å². The molecule has 0 bridgehead atoms. The van der Waals surface area contributed by atoms with Crippen molar-refractivity contribution in [1.29, 1.82) is 5.26 Å². The Morgan fingerprint density at radius 3 is 2.57 bits per heavy atom. The van der Waals surface area contributed by atoms with Gasteiger partial charge in [-0.3, -0.25) is 14.8 Å². The molecule has 5 fully saturated rings. The monoisotopic (exact) mass is 725 g/mol. The molecule has 276 valence electrons. The number of aryl methyl sites for hydroxylation is 1. The Bertz CT molecular complexity index is 2150. The predicted molar refractivity (Wildman–Crippen MR) is 195 cm³/mol. The zero-order chi connectivity index (χ0) is 36.6. The van der Waals surface area contributed by atoms with Crippen LogP contribution in [0.2, 0.25) is 0 Å². The van der Waals surface area contributed by atoms with E-state index >= 15 is 0 Å². The molecule has 6 heterocycles. The second kappa shape index (κ2) is 12.6. The molecule has 1 N–H and O–H groups in total. The molecular formula is C39H42F3N9O2. The van der Waals surface area contributed by atoms with Crippen molar-refractivity contribution in [3.8, 4) is 22.9 Å². The van der Waals surface area contributed by atoms with Crippen molar-refractivity contribution >= 4 is 39.5 Å². The highest BCUT2D eigenvalue weighted by Gasteiger charge is 2.47. The summed E-state index contributed by atoms with van der Waals surface area (Å²) in [6.07, 6.45) is 3.92. The van der Waals surface area contributed by atoms with Gasteiger partial charge in [0.05, 0.1) is 23.8 Å². The summed E-state index contributed by atoms with van der Waals surface area (Å²) in [5, 5.41) is 18.5. The number of ether oxygens (including phenoxy) is 1. The number of rotatable bonds is 8. The number of nitrogens with one attached hydrogen (secondary N) is 1. The van der Waals surface area contributed by atoms with Crippen LogP contribution in [0.25, 0.3) is 32.9 Å². The molecule has 11 nitrogen and oxygen atoms in total. The molecule has 0 unspecified atom stereocenters. The van der Waals surface area contributed by atoms with Crippen LogP contribution in [0.15, 0.2) is 37.1 Å². The second-order valence-electron chi connectivity index (χ2n) is 15.6. The Morgan fingerprint density at radius 1 is 1.09 bits per heavy atom. The number of piperidine rings is 1. The summed E-state index contributed by atoms with van der Waals surface area (Å²) in [5.74, 6) is 1.37. The van der Waals surface area contributed by atoms with Crippen LogP contribution in [0.3, 0.4) is 0 Å². The number of benzene rings is 2. The van der Waals surface area contributed by atoms with Crippen molar-refractivity contribution < 1.29 is 22.7 Å². The number of fused-ring (bicyclic) bond motifs is 2. The van der Waals surface area contributed by atoms with Gasteiger partial charge in [-0.05, 0) is 92.8 Å². The number of nitriles is 1. The Kier molecular flexibility index (Phi) is 8.07. The smallest absolute Gasteiger partial charge is 0.422 e. The minimum absolute atomic E-state index is 0.0344. The van der Waals surface area contributed by atoms with Gasteiger partial charge in [-0.1, -0.05) is 12.6 Å². The molecule has 4 saturated heterocycles. The van der Waals surface area contributed by atoms with Crippen LogP contribution in [-0.2, 0) is 4.79 Å². The number of hydrogen-bond acceptors (Lipinski definition) is 9.